The van der Waals surface area contributed by atoms with E-state index in [1.165, 1.54) is 17.0 Å². The van der Waals surface area contributed by atoms with E-state index in [1.54, 1.807) is 31.2 Å². The lowest BCUT2D eigenvalue weighted by molar-refractivity contribution is -0.140. The normalized spacial score (nSPS) is 13.2. The molecule has 0 radical (unpaired) electrons. The number of carbonyl (C=O) groups is 2. The number of anilines is 1. The first-order valence-electron chi connectivity index (χ1n) is 12.3. The van der Waals surface area contributed by atoms with Crippen LogP contribution in [-0.2, 0) is 26.2 Å². The first-order valence-corrected chi connectivity index (χ1v) is 14.1. The summed E-state index contributed by atoms with van der Waals surface area (Å²) in [4.78, 5) is 28.1. The lowest BCUT2D eigenvalue weighted by atomic mass is 10.0. The van der Waals surface area contributed by atoms with E-state index >= 15 is 0 Å². The van der Waals surface area contributed by atoms with Crippen LogP contribution < -0.4 is 9.62 Å². The molecule has 0 aliphatic rings. The summed E-state index contributed by atoms with van der Waals surface area (Å²) < 4.78 is 39.9. The van der Waals surface area contributed by atoms with E-state index < -0.39 is 34.3 Å². The van der Waals surface area contributed by atoms with E-state index in [0.717, 1.165) is 22.5 Å². The average Bonchev–Trinajstić information content (AvgIpc) is 2.82. The molecule has 0 aliphatic carbocycles. The summed E-state index contributed by atoms with van der Waals surface area (Å²) >= 11 is 0. The molecule has 0 aliphatic heterocycles. The lowest BCUT2D eigenvalue weighted by Crippen LogP contribution is -2.53. The van der Waals surface area contributed by atoms with Crippen LogP contribution in [0.4, 0.5) is 10.1 Å². The van der Waals surface area contributed by atoms with Gasteiger partial charge in [-0.15, -0.1) is 0 Å². The van der Waals surface area contributed by atoms with Crippen molar-refractivity contribution in [3.8, 4) is 0 Å². The van der Waals surface area contributed by atoms with Crippen LogP contribution in [0, 0.1) is 5.82 Å². The minimum absolute atomic E-state index is 0.0371. The molecule has 0 bridgehead atoms. The molecule has 198 valence electrons. The molecule has 2 amide bonds. The van der Waals surface area contributed by atoms with Crippen molar-refractivity contribution in [1.82, 2.24) is 10.2 Å². The summed E-state index contributed by atoms with van der Waals surface area (Å²) in [6, 6.07) is 11.8. The first kappa shape index (κ1) is 29.3. The van der Waals surface area contributed by atoms with Crippen LogP contribution in [0.1, 0.15) is 64.5 Å². The van der Waals surface area contributed by atoms with Gasteiger partial charge >= 0.3 is 0 Å². The number of sulfonamides is 1. The third-order valence-corrected chi connectivity index (χ3v) is 7.32. The van der Waals surface area contributed by atoms with Gasteiger partial charge in [-0.3, -0.25) is 13.9 Å². The summed E-state index contributed by atoms with van der Waals surface area (Å²) in [5, 5.41) is 2.92. The highest BCUT2D eigenvalue weighted by Crippen LogP contribution is 2.23. The third kappa shape index (κ3) is 8.05. The van der Waals surface area contributed by atoms with Crippen LogP contribution in [0.2, 0.25) is 0 Å². The SMILES string of the molecule is CC[C@@H](C)NC(=O)[C@@H](CC)N(Cc1ccc(F)cc1)C(=O)CN(c1ccc(C(C)C)cc1)S(C)(=O)=O. The fourth-order valence-corrected chi connectivity index (χ4v) is 4.64. The van der Waals surface area contributed by atoms with Gasteiger partial charge in [0.25, 0.3) is 0 Å². The predicted octanol–water partition coefficient (Wildman–Crippen LogP) is 4.44. The second-order valence-corrected chi connectivity index (χ2v) is 11.3. The zero-order chi connectivity index (χ0) is 27.0. The van der Waals surface area contributed by atoms with Gasteiger partial charge in [-0.25, -0.2) is 12.8 Å². The maximum absolute atomic E-state index is 13.6. The Balaban J connectivity index is 2.42. The van der Waals surface area contributed by atoms with E-state index in [0.29, 0.717) is 17.7 Å². The first-order chi connectivity index (χ1) is 16.9. The number of halogens is 1. The number of hydrogen-bond acceptors (Lipinski definition) is 4. The van der Waals surface area contributed by atoms with Gasteiger partial charge in [-0.2, -0.15) is 0 Å². The lowest BCUT2D eigenvalue weighted by Gasteiger charge is -2.33. The Kier molecular flexibility index (Phi) is 10.5. The molecule has 0 saturated carbocycles. The van der Waals surface area contributed by atoms with Crippen LogP contribution in [0.3, 0.4) is 0 Å². The molecule has 7 nitrogen and oxygen atoms in total. The highest BCUT2D eigenvalue weighted by molar-refractivity contribution is 7.92. The molecule has 0 unspecified atom stereocenters. The topological polar surface area (TPSA) is 86.8 Å². The molecule has 2 aromatic carbocycles. The summed E-state index contributed by atoms with van der Waals surface area (Å²) in [5.41, 5.74) is 2.05. The predicted molar refractivity (Wildman–Crippen MR) is 142 cm³/mol. The molecule has 0 saturated heterocycles. The monoisotopic (exact) mass is 519 g/mol. The van der Waals surface area contributed by atoms with Gasteiger partial charge < -0.3 is 10.2 Å². The Morgan fingerprint density at radius 2 is 1.53 bits per heavy atom. The average molecular weight is 520 g/mol. The van der Waals surface area contributed by atoms with Crippen molar-refractivity contribution < 1.29 is 22.4 Å². The Labute approximate surface area is 214 Å². The minimum atomic E-state index is -3.80. The molecule has 2 atom stereocenters. The van der Waals surface area contributed by atoms with Crippen molar-refractivity contribution >= 4 is 27.5 Å². The minimum Gasteiger partial charge on any atom is -0.352 e. The Bertz CT molecular complexity index is 1120. The quantitative estimate of drug-likeness (QED) is 0.449. The van der Waals surface area contributed by atoms with Gasteiger partial charge in [-0.1, -0.05) is 52.0 Å². The second-order valence-electron chi connectivity index (χ2n) is 9.41. The van der Waals surface area contributed by atoms with Crippen molar-refractivity contribution in [3.63, 3.8) is 0 Å². The number of amides is 2. The van der Waals surface area contributed by atoms with Crippen molar-refractivity contribution in [2.75, 3.05) is 17.1 Å². The van der Waals surface area contributed by atoms with Crippen molar-refractivity contribution in [3.05, 3.63) is 65.5 Å². The highest BCUT2D eigenvalue weighted by Gasteiger charge is 2.32. The van der Waals surface area contributed by atoms with Crippen LogP contribution in [-0.4, -0.2) is 50.0 Å². The molecule has 0 fully saturated rings. The fourth-order valence-electron chi connectivity index (χ4n) is 3.79. The molecule has 9 heteroatoms. The Morgan fingerprint density at radius 1 is 0.944 bits per heavy atom. The van der Waals surface area contributed by atoms with Crippen molar-refractivity contribution in [1.29, 1.82) is 0 Å². The standard InChI is InChI=1S/C27H38FN3O4S/c1-7-20(5)29-27(33)25(8-2)30(17-21-9-13-23(28)14-10-21)26(32)18-31(36(6,34)35)24-15-11-22(12-16-24)19(3)4/h9-16,19-20,25H,7-8,17-18H2,1-6H3,(H,29,33)/t20-,25-/m1/s1. The summed E-state index contributed by atoms with van der Waals surface area (Å²) in [7, 11) is -3.80. The highest BCUT2D eigenvalue weighted by atomic mass is 32.2. The maximum atomic E-state index is 13.6. The van der Waals surface area contributed by atoms with E-state index in [2.05, 4.69) is 5.32 Å². The largest absolute Gasteiger partial charge is 0.352 e. The molecule has 2 rings (SSSR count). The zero-order valence-electron chi connectivity index (χ0n) is 22.0. The van der Waals surface area contributed by atoms with E-state index in [9.17, 15) is 22.4 Å². The second kappa shape index (κ2) is 12.9. The van der Waals surface area contributed by atoms with Crippen LogP contribution in [0.5, 0.6) is 0 Å². The van der Waals surface area contributed by atoms with E-state index in [1.807, 2.05) is 39.8 Å². The summed E-state index contributed by atoms with van der Waals surface area (Å²) in [6.45, 7) is 9.27. The number of hydrogen-bond donors (Lipinski definition) is 1. The van der Waals surface area contributed by atoms with Gasteiger partial charge in [0, 0.05) is 12.6 Å². The number of nitrogens with one attached hydrogen (secondary N) is 1. The van der Waals surface area contributed by atoms with Crippen LogP contribution in [0.15, 0.2) is 48.5 Å². The molecule has 36 heavy (non-hydrogen) atoms. The van der Waals surface area contributed by atoms with Gasteiger partial charge in [0.05, 0.1) is 11.9 Å². The molecule has 2 aromatic rings. The van der Waals surface area contributed by atoms with Gasteiger partial charge in [0.2, 0.25) is 21.8 Å². The van der Waals surface area contributed by atoms with E-state index in [4.69, 9.17) is 0 Å². The Hall–Kier alpha value is -2.94. The fraction of sp³-hybridized carbons (Fsp3) is 0.481. The number of benzene rings is 2. The Morgan fingerprint density at radius 3 is 2.00 bits per heavy atom. The van der Waals surface area contributed by atoms with Gasteiger partial charge in [0.1, 0.15) is 18.4 Å². The van der Waals surface area contributed by atoms with Crippen molar-refractivity contribution in [2.45, 2.75) is 72.0 Å². The summed E-state index contributed by atoms with van der Waals surface area (Å²) in [6.07, 6.45) is 2.10. The third-order valence-electron chi connectivity index (χ3n) is 6.18. The maximum Gasteiger partial charge on any atom is 0.244 e. The van der Waals surface area contributed by atoms with Crippen LogP contribution >= 0.6 is 0 Å². The summed E-state index contributed by atoms with van der Waals surface area (Å²) in [5.74, 6) is -0.975. The van der Waals surface area contributed by atoms with Gasteiger partial charge in [0.15, 0.2) is 0 Å². The van der Waals surface area contributed by atoms with Gasteiger partial charge in [-0.05, 0) is 61.1 Å². The molecule has 0 aromatic heterocycles. The molecular weight excluding hydrogens is 481 g/mol. The van der Waals surface area contributed by atoms with Crippen molar-refractivity contribution in [2.24, 2.45) is 0 Å². The number of carbonyl (C=O) groups excluding carboxylic acids is 2. The smallest absolute Gasteiger partial charge is 0.244 e. The molecule has 0 spiro atoms. The molecular formula is C27H38FN3O4S. The molecule has 0 heterocycles. The number of rotatable bonds is 12. The zero-order valence-corrected chi connectivity index (χ0v) is 22.8. The van der Waals surface area contributed by atoms with Crippen LogP contribution in [0.25, 0.3) is 0 Å². The number of nitrogens with zero attached hydrogens (tertiary/aromatic N) is 2. The van der Waals surface area contributed by atoms with E-state index in [-0.39, 0.29) is 24.4 Å². The molecule has 1 N–H and O–H groups in total.